The molecular weight excluding hydrogens is 190 g/mol. The monoisotopic (exact) mass is 202 g/mol. The normalized spacial score (nSPS) is 8.71. The van der Waals surface area contributed by atoms with E-state index in [0.29, 0.717) is 6.42 Å². The Morgan fingerprint density at radius 2 is 1.57 bits per heavy atom. The molecule has 0 heterocycles. The molecule has 0 aliphatic carbocycles. The van der Waals surface area contributed by atoms with Gasteiger partial charge in [-0.15, -0.1) is 0 Å². The maximum atomic E-state index is 10.2. The van der Waals surface area contributed by atoms with Crippen LogP contribution in [0.15, 0.2) is 0 Å². The molecule has 0 spiro atoms. The van der Waals surface area contributed by atoms with Gasteiger partial charge in [0.15, 0.2) is 0 Å². The van der Waals surface area contributed by atoms with Crippen LogP contribution in [0.5, 0.6) is 0 Å². The topological polar surface area (TPSA) is 80.3 Å². The summed E-state index contributed by atoms with van der Waals surface area (Å²) in [6.45, 7) is 1.95. The molecule has 14 heavy (non-hydrogen) atoms. The molecule has 0 radical (unpaired) electrons. The standard InChI is InChI=1S/C8H14O4.Li.Na/c1-2-3-4-5-6(7(9)10)8(11)12;;/h6H,2-5H2,1H3,(H,9,10)(H,11,12);;/q;2*+1/p-2. The van der Waals surface area contributed by atoms with E-state index in [0.717, 1.165) is 12.8 Å². The molecule has 0 aromatic carbocycles. The number of carboxylic acid groups (broad SMARTS) is 2. The van der Waals surface area contributed by atoms with Crippen molar-refractivity contribution in [3.63, 3.8) is 0 Å². The van der Waals surface area contributed by atoms with Crippen LogP contribution in [0.25, 0.3) is 0 Å². The SMILES string of the molecule is CCCCCC(C(=O)[O-])C(=O)[O-].[Li+].[Na+]. The van der Waals surface area contributed by atoms with E-state index in [2.05, 4.69) is 0 Å². The minimum Gasteiger partial charge on any atom is -0.549 e. The van der Waals surface area contributed by atoms with E-state index in [1.54, 1.807) is 0 Å². The number of carbonyl (C=O) groups is 2. The van der Waals surface area contributed by atoms with Crippen molar-refractivity contribution in [2.75, 3.05) is 0 Å². The van der Waals surface area contributed by atoms with Crippen molar-refractivity contribution >= 4 is 11.9 Å². The Balaban J connectivity index is -0.000000605. The molecule has 0 fully saturated rings. The van der Waals surface area contributed by atoms with Crippen molar-refractivity contribution in [2.24, 2.45) is 5.92 Å². The van der Waals surface area contributed by atoms with E-state index >= 15 is 0 Å². The zero-order valence-electron chi connectivity index (χ0n) is 9.04. The summed E-state index contributed by atoms with van der Waals surface area (Å²) in [5, 5.41) is 20.4. The predicted octanol–water partition coefficient (Wildman–Crippen LogP) is -7.31. The first-order chi connectivity index (χ1) is 5.59. The maximum Gasteiger partial charge on any atom is 1.00 e. The molecule has 6 heteroatoms. The largest absolute Gasteiger partial charge is 1.00 e. The van der Waals surface area contributed by atoms with Gasteiger partial charge in [-0.2, -0.15) is 0 Å². The molecule has 0 N–H and O–H groups in total. The van der Waals surface area contributed by atoms with Gasteiger partial charge in [0, 0.05) is 5.92 Å². The molecule has 0 unspecified atom stereocenters. The zero-order valence-corrected chi connectivity index (χ0v) is 11.0. The molecule has 0 saturated heterocycles. The second-order valence-electron chi connectivity index (χ2n) is 2.69. The molecule has 0 rings (SSSR count). The minimum atomic E-state index is -1.55. The number of hydrogen-bond acceptors (Lipinski definition) is 4. The smallest absolute Gasteiger partial charge is 0.549 e. The van der Waals surface area contributed by atoms with E-state index in [4.69, 9.17) is 0 Å². The summed E-state index contributed by atoms with van der Waals surface area (Å²) in [5.41, 5.74) is 0. The first-order valence-electron chi connectivity index (χ1n) is 4.01. The molecule has 0 aromatic rings. The fraction of sp³-hybridized carbons (Fsp3) is 0.750. The second kappa shape index (κ2) is 11.6. The Kier molecular flexibility index (Phi) is 16.6. The van der Waals surface area contributed by atoms with Crippen molar-refractivity contribution in [1.29, 1.82) is 0 Å². The number of aliphatic carboxylic acids is 2. The van der Waals surface area contributed by atoms with Gasteiger partial charge in [-0.3, -0.25) is 0 Å². The van der Waals surface area contributed by atoms with Crippen LogP contribution in [-0.4, -0.2) is 11.9 Å². The van der Waals surface area contributed by atoms with Crippen LogP contribution in [0, 0.1) is 5.92 Å². The van der Waals surface area contributed by atoms with Crippen molar-refractivity contribution in [1.82, 2.24) is 0 Å². The molecule has 70 valence electrons. The maximum absolute atomic E-state index is 10.2. The molecule has 0 saturated carbocycles. The molecule has 0 atom stereocenters. The van der Waals surface area contributed by atoms with Crippen molar-refractivity contribution in [2.45, 2.75) is 32.6 Å². The summed E-state index contributed by atoms with van der Waals surface area (Å²) in [4.78, 5) is 20.4. The van der Waals surface area contributed by atoms with Gasteiger partial charge >= 0.3 is 48.4 Å². The summed E-state index contributed by atoms with van der Waals surface area (Å²) >= 11 is 0. The molecule has 0 aliphatic rings. The van der Waals surface area contributed by atoms with E-state index in [1.165, 1.54) is 0 Å². The third-order valence-electron chi connectivity index (χ3n) is 1.67. The number of unbranched alkanes of at least 4 members (excludes halogenated alkanes) is 2. The van der Waals surface area contributed by atoms with Crippen LogP contribution in [-0.2, 0) is 9.59 Å². The molecule has 4 nitrogen and oxygen atoms in total. The zero-order chi connectivity index (χ0) is 9.56. The summed E-state index contributed by atoms with van der Waals surface area (Å²) in [7, 11) is 0. The predicted molar refractivity (Wildman–Crippen MR) is 37.6 cm³/mol. The number of carbonyl (C=O) groups excluding carboxylic acids is 2. The van der Waals surface area contributed by atoms with Gasteiger partial charge in [-0.05, 0) is 6.42 Å². The van der Waals surface area contributed by atoms with Gasteiger partial charge < -0.3 is 19.8 Å². The number of carboxylic acids is 2. The Labute approximate surface area is 118 Å². The second-order valence-corrected chi connectivity index (χ2v) is 2.69. The third kappa shape index (κ3) is 9.11. The van der Waals surface area contributed by atoms with E-state index in [1.807, 2.05) is 6.92 Å². The molecule has 0 bridgehead atoms. The van der Waals surface area contributed by atoms with Crippen LogP contribution in [0.4, 0.5) is 0 Å². The van der Waals surface area contributed by atoms with Crippen LogP contribution >= 0.6 is 0 Å². The average Bonchev–Trinajstić information content (AvgIpc) is 1.96. The first kappa shape index (κ1) is 20.0. The van der Waals surface area contributed by atoms with Crippen LogP contribution in [0.1, 0.15) is 32.6 Å². The molecule has 0 amide bonds. The summed E-state index contributed by atoms with van der Waals surface area (Å²) < 4.78 is 0. The van der Waals surface area contributed by atoms with Gasteiger partial charge in [0.2, 0.25) is 0 Å². The quantitative estimate of drug-likeness (QED) is 0.243. The van der Waals surface area contributed by atoms with Gasteiger partial charge in [-0.1, -0.05) is 26.2 Å². The molecular formula is C8H12LiNaO4. The van der Waals surface area contributed by atoms with Crippen LogP contribution in [0.3, 0.4) is 0 Å². The van der Waals surface area contributed by atoms with Gasteiger partial charge in [-0.25, -0.2) is 0 Å². The van der Waals surface area contributed by atoms with Gasteiger partial charge in [0.1, 0.15) is 0 Å². The number of rotatable bonds is 6. The fourth-order valence-electron chi connectivity index (χ4n) is 0.930. The fourth-order valence-corrected chi connectivity index (χ4v) is 0.930. The number of hydrogen-bond donors (Lipinski definition) is 0. The summed E-state index contributed by atoms with van der Waals surface area (Å²) in [5.74, 6) is -4.55. The first-order valence-corrected chi connectivity index (χ1v) is 4.01. The van der Waals surface area contributed by atoms with E-state index in [9.17, 15) is 19.8 Å². The molecule has 0 aliphatic heterocycles. The van der Waals surface area contributed by atoms with Crippen LogP contribution in [0.2, 0.25) is 0 Å². The van der Waals surface area contributed by atoms with Gasteiger partial charge in [0.05, 0.1) is 11.9 Å². The van der Waals surface area contributed by atoms with E-state index in [-0.39, 0.29) is 54.8 Å². The Bertz CT molecular complexity index is 161. The molecule has 0 aromatic heterocycles. The van der Waals surface area contributed by atoms with Crippen molar-refractivity contribution < 1.29 is 68.2 Å². The van der Waals surface area contributed by atoms with Crippen molar-refractivity contribution in [3.05, 3.63) is 0 Å². The Morgan fingerprint density at radius 3 is 1.86 bits per heavy atom. The van der Waals surface area contributed by atoms with Crippen LogP contribution < -0.4 is 58.6 Å². The minimum absolute atomic E-state index is 0. The summed E-state index contributed by atoms with van der Waals surface area (Å²) in [6.07, 6.45) is 2.45. The third-order valence-corrected chi connectivity index (χ3v) is 1.67. The Morgan fingerprint density at radius 1 is 1.14 bits per heavy atom. The van der Waals surface area contributed by atoms with Crippen molar-refractivity contribution in [3.8, 4) is 0 Å². The van der Waals surface area contributed by atoms with E-state index < -0.39 is 17.9 Å². The Hall–Kier alpha value is 0.537. The summed E-state index contributed by atoms with van der Waals surface area (Å²) in [6, 6.07) is 0. The average molecular weight is 202 g/mol. The van der Waals surface area contributed by atoms with Gasteiger partial charge in [0.25, 0.3) is 0 Å².